The van der Waals surface area contributed by atoms with Crippen LogP contribution in [0.15, 0.2) is 0 Å². The van der Waals surface area contributed by atoms with Crippen molar-refractivity contribution in [2.45, 2.75) is 19.3 Å². The topological polar surface area (TPSA) is 213 Å². The van der Waals surface area contributed by atoms with E-state index in [0.29, 0.717) is 0 Å². The van der Waals surface area contributed by atoms with Gasteiger partial charge in [0.2, 0.25) is 0 Å². The highest BCUT2D eigenvalue weighted by atomic mass is 16.6. The highest BCUT2D eigenvalue weighted by molar-refractivity contribution is 6.40. The largest absolute Gasteiger partial charge is 0.475 e. The molecule has 0 saturated carbocycles. The van der Waals surface area contributed by atoms with Crippen molar-refractivity contribution in [2.75, 3.05) is 0 Å². The Morgan fingerprint density at radius 1 is 0.520 bits per heavy atom. The number of aliphatic carboxylic acids is 2. The van der Waals surface area contributed by atoms with Gasteiger partial charge in [-0.05, 0) is 0 Å². The van der Waals surface area contributed by atoms with Crippen molar-refractivity contribution in [1.29, 1.82) is 0 Å². The standard InChI is InChI=1S/C12H8O13/c13-4(10(19)20)1-7(16)24-8(17)3-6(15)12(23)25-9(18)2-5(14)11(21)22/h1-3H2,(H,19,20)(H,21,22). The van der Waals surface area contributed by atoms with Crippen molar-refractivity contribution >= 4 is 53.2 Å². The summed E-state index contributed by atoms with van der Waals surface area (Å²) in [4.78, 5) is 97.1. The SMILES string of the molecule is O=C(CC(=O)C(=O)O)OC(=O)CC(=O)C(=O)OC(=O)CC(=O)C(=O)O. The second-order valence-corrected chi connectivity index (χ2v) is 4.02. The van der Waals surface area contributed by atoms with Crippen LogP contribution in [0.5, 0.6) is 0 Å². The Kier molecular flexibility index (Phi) is 7.97. The van der Waals surface area contributed by atoms with Crippen LogP contribution in [-0.4, -0.2) is 63.4 Å². The van der Waals surface area contributed by atoms with Gasteiger partial charge in [0.25, 0.3) is 17.3 Å². The van der Waals surface area contributed by atoms with Crippen LogP contribution in [-0.2, 0) is 52.6 Å². The van der Waals surface area contributed by atoms with Gasteiger partial charge >= 0.3 is 35.8 Å². The zero-order chi connectivity index (χ0) is 19.7. The van der Waals surface area contributed by atoms with Crippen LogP contribution in [0, 0.1) is 0 Å². The molecular formula is C12H8O13. The first-order valence-electron chi connectivity index (χ1n) is 5.97. The average molecular weight is 360 g/mol. The summed E-state index contributed by atoms with van der Waals surface area (Å²) in [5.74, 6) is -15.6. The third-order valence-electron chi connectivity index (χ3n) is 2.05. The van der Waals surface area contributed by atoms with Gasteiger partial charge in [-0.2, -0.15) is 0 Å². The van der Waals surface area contributed by atoms with Crippen molar-refractivity contribution in [3.63, 3.8) is 0 Å². The molecule has 134 valence electrons. The Labute approximate surface area is 136 Å². The molecule has 2 N–H and O–H groups in total. The van der Waals surface area contributed by atoms with Gasteiger partial charge in [0.15, 0.2) is 0 Å². The van der Waals surface area contributed by atoms with E-state index < -0.39 is 72.4 Å². The first-order valence-corrected chi connectivity index (χ1v) is 5.97. The molecule has 0 aromatic heterocycles. The van der Waals surface area contributed by atoms with Crippen molar-refractivity contribution in [3.05, 3.63) is 0 Å². The highest BCUT2D eigenvalue weighted by Gasteiger charge is 2.27. The lowest BCUT2D eigenvalue weighted by atomic mass is 10.2. The second kappa shape index (κ2) is 9.39. The summed E-state index contributed by atoms with van der Waals surface area (Å²) in [6.45, 7) is 0. The molecule has 13 nitrogen and oxygen atoms in total. The Bertz CT molecular complexity index is 683. The van der Waals surface area contributed by atoms with E-state index in [4.69, 9.17) is 10.2 Å². The quantitative estimate of drug-likeness (QED) is 0.241. The zero-order valence-electron chi connectivity index (χ0n) is 12.0. The molecule has 0 aliphatic rings. The molecule has 25 heavy (non-hydrogen) atoms. The van der Waals surface area contributed by atoms with E-state index in [9.17, 15) is 43.2 Å². The first-order chi connectivity index (χ1) is 11.4. The van der Waals surface area contributed by atoms with Crippen LogP contribution >= 0.6 is 0 Å². The number of carboxylic acids is 2. The van der Waals surface area contributed by atoms with E-state index in [0.717, 1.165) is 0 Å². The summed E-state index contributed by atoms with van der Waals surface area (Å²) >= 11 is 0. The molecule has 0 spiro atoms. The minimum atomic E-state index is -1.98. The molecule has 0 heterocycles. The Morgan fingerprint density at radius 3 is 1.20 bits per heavy atom. The molecule has 0 bridgehead atoms. The number of rotatable bonds is 9. The third kappa shape index (κ3) is 8.44. The molecule has 0 amide bonds. The van der Waals surface area contributed by atoms with Gasteiger partial charge in [0.05, 0.1) is 0 Å². The molecule has 0 aliphatic heterocycles. The van der Waals surface area contributed by atoms with Crippen LogP contribution in [0.3, 0.4) is 0 Å². The fourth-order valence-electron chi connectivity index (χ4n) is 1.01. The molecule has 0 fully saturated rings. The summed E-state index contributed by atoms with van der Waals surface area (Å²) in [7, 11) is 0. The number of Topliss-reactive ketones (excluding diaryl/α,β-unsaturated/α-hetero) is 3. The van der Waals surface area contributed by atoms with E-state index in [1.807, 2.05) is 0 Å². The number of hydrogen-bond donors (Lipinski definition) is 2. The Morgan fingerprint density at radius 2 is 0.840 bits per heavy atom. The molecule has 13 heteroatoms. The first kappa shape index (κ1) is 21.2. The average Bonchev–Trinajstić information content (AvgIpc) is 2.45. The number of esters is 4. The van der Waals surface area contributed by atoms with Gasteiger partial charge in [-0.3, -0.25) is 28.8 Å². The van der Waals surface area contributed by atoms with E-state index in [-0.39, 0.29) is 0 Å². The zero-order valence-corrected chi connectivity index (χ0v) is 12.0. The smallest absolute Gasteiger partial charge is 0.382 e. The number of carboxylic acid groups (broad SMARTS) is 2. The maximum Gasteiger partial charge on any atom is 0.382 e. The lowest BCUT2D eigenvalue weighted by Crippen LogP contribution is -2.28. The third-order valence-corrected chi connectivity index (χ3v) is 2.05. The maximum atomic E-state index is 11.2. The fourth-order valence-corrected chi connectivity index (χ4v) is 1.01. The number of ether oxygens (including phenoxy) is 2. The summed E-state index contributed by atoms with van der Waals surface area (Å²) < 4.78 is 7.68. The number of carbonyl (C=O) groups is 9. The van der Waals surface area contributed by atoms with Crippen molar-refractivity contribution < 1.29 is 62.8 Å². The van der Waals surface area contributed by atoms with Crippen LogP contribution in [0.25, 0.3) is 0 Å². The minimum absolute atomic E-state index is 1.30. The van der Waals surface area contributed by atoms with Gasteiger partial charge in [0.1, 0.15) is 19.3 Å². The van der Waals surface area contributed by atoms with Crippen LogP contribution in [0.2, 0.25) is 0 Å². The van der Waals surface area contributed by atoms with Crippen molar-refractivity contribution in [3.8, 4) is 0 Å². The summed E-state index contributed by atoms with van der Waals surface area (Å²) in [6, 6.07) is 0. The van der Waals surface area contributed by atoms with Crippen molar-refractivity contribution in [2.24, 2.45) is 0 Å². The molecular weight excluding hydrogens is 352 g/mol. The van der Waals surface area contributed by atoms with Crippen LogP contribution < -0.4 is 0 Å². The van der Waals surface area contributed by atoms with Crippen molar-refractivity contribution in [1.82, 2.24) is 0 Å². The van der Waals surface area contributed by atoms with E-state index in [2.05, 4.69) is 9.47 Å². The molecule has 0 aromatic carbocycles. The normalized spacial score (nSPS) is 9.44. The number of carbonyl (C=O) groups excluding carboxylic acids is 7. The predicted octanol–water partition coefficient (Wildman–Crippen LogP) is -2.83. The predicted molar refractivity (Wildman–Crippen MR) is 66.3 cm³/mol. The van der Waals surface area contributed by atoms with Crippen LogP contribution in [0.1, 0.15) is 19.3 Å². The van der Waals surface area contributed by atoms with Gasteiger partial charge < -0.3 is 19.7 Å². The van der Waals surface area contributed by atoms with Crippen LogP contribution in [0.4, 0.5) is 0 Å². The van der Waals surface area contributed by atoms with E-state index in [1.54, 1.807) is 0 Å². The Balaban J connectivity index is 4.43. The highest BCUT2D eigenvalue weighted by Crippen LogP contribution is 1.98. The lowest BCUT2D eigenvalue weighted by Gasteiger charge is -2.02. The maximum absolute atomic E-state index is 11.2. The van der Waals surface area contributed by atoms with E-state index in [1.165, 1.54) is 0 Å². The lowest BCUT2D eigenvalue weighted by molar-refractivity contribution is -0.169. The molecule has 0 aliphatic carbocycles. The van der Waals surface area contributed by atoms with E-state index >= 15 is 0 Å². The van der Waals surface area contributed by atoms with Gasteiger partial charge in [-0.15, -0.1) is 0 Å². The van der Waals surface area contributed by atoms with Gasteiger partial charge in [-0.1, -0.05) is 0 Å². The molecule has 0 saturated heterocycles. The summed E-state index contributed by atoms with van der Waals surface area (Å²) in [6.07, 6.45) is -4.03. The fraction of sp³-hybridized carbons (Fsp3) is 0.250. The molecule has 0 unspecified atom stereocenters. The minimum Gasteiger partial charge on any atom is -0.475 e. The second-order valence-electron chi connectivity index (χ2n) is 4.02. The van der Waals surface area contributed by atoms with Gasteiger partial charge in [0, 0.05) is 0 Å². The molecule has 0 rings (SSSR count). The Hall–Kier alpha value is -3.77. The molecule has 0 aromatic rings. The summed E-state index contributed by atoms with van der Waals surface area (Å²) in [5.41, 5.74) is 0. The molecule has 0 atom stereocenters. The number of hydrogen-bond acceptors (Lipinski definition) is 11. The monoisotopic (exact) mass is 360 g/mol. The molecule has 0 radical (unpaired) electrons. The summed E-state index contributed by atoms with van der Waals surface area (Å²) in [5, 5.41) is 16.4. The van der Waals surface area contributed by atoms with Gasteiger partial charge in [-0.25, -0.2) is 14.4 Å². The number of ketones is 3.